The molecular weight excluding hydrogens is 322 g/mol. The summed E-state index contributed by atoms with van der Waals surface area (Å²) in [4.78, 5) is 12.0. The number of anilines is 1. The van der Waals surface area contributed by atoms with Gasteiger partial charge in [-0.05, 0) is 37.6 Å². The zero-order valence-electron chi connectivity index (χ0n) is 13.2. The fraction of sp³-hybridized carbons (Fsp3) is 0.312. The molecule has 0 fully saturated rings. The highest BCUT2D eigenvalue weighted by molar-refractivity contribution is 5.92. The molecule has 24 heavy (non-hydrogen) atoms. The second-order valence-corrected chi connectivity index (χ2v) is 5.39. The molecule has 6 nitrogen and oxygen atoms in total. The van der Waals surface area contributed by atoms with Crippen molar-refractivity contribution in [1.29, 1.82) is 0 Å². The molecule has 2 amide bonds. The van der Waals surface area contributed by atoms with Crippen molar-refractivity contribution < 1.29 is 27.8 Å². The van der Waals surface area contributed by atoms with Crippen LogP contribution in [0.3, 0.4) is 0 Å². The number of halogens is 2. The molecule has 1 heterocycles. The third kappa shape index (κ3) is 4.45. The lowest BCUT2D eigenvalue weighted by molar-refractivity contribution is -0.0493. The van der Waals surface area contributed by atoms with Gasteiger partial charge in [-0.3, -0.25) is 0 Å². The van der Waals surface area contributed by atoms with Gasteiger partial charge in [0.05, 0.1) is 18.5 Å². The highest BCUT2D eigenvalue weighted by atomic mass is 19.3. The first-order chi connectivity index (χ1) is 11.3. The Labute approximate surface area is 137 Å². The van der Waals surface area contributed by atoms with Crippen LogP contribution in [0.4, 0.5) is 19.3 Å². The summed E-state index contributed by atoms with van der Waals surface area (Å²) >= 11 is 0. The molecule has 0 aliphatic carbocycles. The molecule has 0 radical (unpaired) electrons. The summed E-state index contributed by atoms with van der Waals surface area (Å²) in [5, 5.41) is 15.2. The number of hydrogen-bond donors (Lipinski definition) is 3. The Morgan fingerprint density at radius 1 is 1.38 bits per heavy atom. The van der Waals surface area contributed by atoms with Gasteiger partial charge >= 0.3 is 12.6 Å². The molecule has 0 aliphatic heterocycles. The van der Waals surface area contributed by atoms with Crippen molar-refractivity contribution in [2.45, 2.75) is 26.1 Å². The van der Waals surface area contributed by atoms with Gasteiger partial charge in [0, 0.05) is 0 Å². The van der Waals surface area contributed by atoms with Gasteiger partial charge in [-0.25, -0.2) is 4.79 Å². The third-order valence-electron chi connectivity index (χ3n) is 3.33. The molecule has 1 aromatic heterocycles. The first-order valence-corrected chi connectivity index (χ1v) is 7.15. The summed E-state index contributed by atoms with van der Waals surface area (Å²) in [6.07, 6.45) is 1.41. The number of rotatable bonds is 6. The van der Waals surface area contributed by atoms with Gasteiger partial charge in [0.1, 0.15) is 17.1 Å². The summed E-state index contributed by atoms with van der Waals surface area (Å²) in [5.41, 5.74) is -0.719. The highest BCUT2D eigenvalue weighted by Gasteiger charge is 2.27. The molecule has 1 atom stereocenters. The van der Waals surface area contributed by atoms with Crippen molar-refractivity contribution in [2.24, 2.45) is 0 Å². The number of carbonyl (C=O) groups is 1. The van der Waals surface area contributed by atoms with Crippen molar-refractivity contribution in [2.75, 3.05) is 11.9 Å². The van der Waals surface area contributed by atoms with Gasteiger partial charge in [0.2, 0.25) is 0 Å². The van der Waals surface area contributed by atoms with Gasteiger partial charge < -0.3 is 24.9 Å². The molecule has 0 saturated carbocycles. The number of hydrogen-bond acceptors (Lipinski definition) is 4. The van der Waals surface area contributed by atoms with Crippen LogP contribution in [0, 0.1) is 6.92 Å². The van der Waals surface area contributed by atoms with E-state index in [0.717, 1.165) is 0 Å². The first kappa shape index (κ1) is 17.7. The van der Waals surface area contributed by atoms with Crippen LogP contribution >= 0.6 is 0 Å². The molecule has 1 aromatic carbocycles. The van der Waals surface area contributed by atoms with Gasteiger partial charge in [-0.2, -0.15) is 8.78 Å². The lowest BCUT2D eigenvalue weighted by Gasteiger charge is -2.21. The third-order valence-corrected chi connectivity index (χ3v) is 3.33. The largest absolute Gasteiger partial charge is 0.466 e. The Bertz CT molecular complexity index is 687. The number of carbonyl (C=O) groups excluding carboxylic acids is 1. The Morgan fingerprint density at radius 2 is 2.12 bits per heavy atom. The summed E-state index contributed by atoms with van der Waals surface area (Å²) in [7, 11) is 0. The fourth-order valence-corrected chi connectivity index (χ4v) is 2.08. The van der Waals surface area contributed by atoms with Crippen LogP contribution in [0.1, 0.15) is 18.2 Å². The van der Waals surface area contributed by atoms with E-state index < -0.39 is 18.2 Å². The van der Waals surface area contributed by atoms with E-state index in [4.69, 9.17) is 4.42 Å². The minimum Gasteiger partial charge on any atom is -0.466 e. The van der Waals surface area contributed by atoms with Crippen molar-refractivity contribution in [3.05, 3.63) is 47.9 Å². The Balaban J connectivity index is 2.02. The smallest absolute Gasteiger partial charge is 0.387 e. The van der Waals surface area contributed by atoms with E-state index in [9.17, 15) is 18.7 Å². The molecular formula is C16H18F2N2O4. The van der Waals surface area contributed by atoms with Crippen molar-refractivity contribution in [1.82, 2.24) is 5.32 Å². The zero-order valence-corrected chi connectivity index (χ0v) is 13.2. The molecule has 3 N–H and O–H groups in total. The number of benzene rings is 1. The molecule has 8 heteroatoms. The predicted octanol–water partition coefficient (Wildman–Crippen LogP) is 3.22. The van der Waals surface area contributed by atoms with Crippen LogP contribution in [0.5, 0.6) is 5.75 Å². The topological polar surface area (TPSA) is 83.7 Å². The van der Waals surface area contributed by atoms with Crippen molar-refractivity contribution in [3.63, 3.8) is 0 Å². The molecule has 0 bridgehead atoms. The van der Waals surface area contributed by atoms with Crippen LogP contribution in [0.2, 0.25) is 0 Å². The second kappa shape index (κ2) is 7.31. The number of aliphatic hydroxyl groups is 1. The van der Waals surface area contributed by atoms with Crippen molar-refractivity contribution >= 4 is 11.7 Å². The van der Waals surface area contributed by atoms with E-state index in [1.54, 1.807) is 25.1 Å². The van der Waals surface area contributed by atoms with E-state index in [1.807, 2.05) is 0 Å². The average molecular weight is 340 g/mol. The number of amides is 2. The van der Waals surface area contributed by atoms with E-state index in [-0.39, 0.29) is 18.0 Å². The molecule has 2 aromatic rings. The minimum absolute atomic E-state index is 0.132. The number of alkyl halides is 2. The maximum Gasteiger partial charge on any atom is 0.387 e. The molecule has 1 unspecified atom stereocenters. The Kier molecular flexibility index (Phi) is 5.40. The first-order valence-electron chi connectivity index (χ1n) is 7.15. The predicted molar refractivity (Wildman–Crippen MR) is 83.1 cm³/mol. The maximum absolute atomic E-state index is 12.4. The number of ether oxygens (including phenoxy) is 1. The Hall–Kier alpha value is -2.61. The number of nitrogens with one attached hydrogen (secondary N) is 2. The number of aryl methyl sites for hydroxylation is 1. The molecule has 0 spiro atoms. The monoisotopic (exact) mass is 340 g/mol. The molecule has 2 rings (SSSR count). The summed E-state index contributed by atoms with van der Waals surface area (Å²) in [5.74, 6) is 0.151. The SMILES string of the molecule is Cc1cccc(OC(F)F)c1NC(=O)NCC(C)(O)c1ccco1. The van der Waals surface area contributed by atoms with Gasteiger partial charge in [-0.15, -0.1) is 0 Å². The summed E-state index contributed by atoms with van der Waals surface area (Å²) < 4.78 is 34.4. The van der Waals surface area contributed by atoms with E-state index in [2.05, 4.69) is 15.4 Å². The maximum atomic E-state index is 12.4. The number of para-hydroxylation sites is 1. The molecule has 0 saturated heterocycles. The van der Waals surface area contributed by atoms with E-state index in [0.29, 0.717) is 11.3 Å². The fourth-order valence-electron chi connectivity index (χ4n) is 2.08. The van der Waals surface area contributed by atoms with Crippen molar-refractivity contribution in [3.8, 4) is 5.75 Å². The van der Waals surface area contributed by atoms with Crippen LogP contribution in [-0.2, 0) is 5.60 Å². The number of urea groups is 1. The van der Waals surface area contributed by atoms with Gasteiger partial charge in [0.25, 0.3) is 0 Å². The van der Waals surface area contributed by atoms with Crippen LogP contribution < -0.4 is 15.4 Å². The Morgan fingerprint density at radius 3 is 2.75 bits per heavy atom. The zero-order chi connectivity index (χ0) is 17.7. The van der Waals surface area contributed by atoms with Crippen LogP contribution in [-0.4, -0.2) is 24.3 Å². The molecule has 130 valence electrons. The second-order valence-electron chi connectivity index (χ2n) is 5.39. The quantitative estimate of drug-likeness (QED) is 0.754. The van der Waals surface area contributed by atoms with Crippen LogP contribution in [0.25, 0.3) is 0 Å². The van der Waals surface area contributed by atoms with Gasteiger partial charge in [0.15, 0.2) is 0 Å². The summed E-state index contributed by atoms with van der Waals surface area (Å²) in [6.45, 7) is -0.0170. The van der Waals surface area contributed by atoms with E-state index in [1.165, 1.54) is 25.3 Å². The van der Waals surface area contributed by atoms with E-state index >= 15 is 0 Å². The average Bonchev–Trinajstić information content (AvgIpc) is 3.03. The number of furan rings is 1. The lowest BCUT2D eigenvalue weighted by Crippen LogP contribution is -2.40. The highest BCUT2D eigenvalue weighted by Crippen LogP contribution is 2.29. The van der Waals surface area contributed by atoms with Crippen LogP contribution in [0.15, 0.2) is 41.0 Å². The molecule has 0 aliphatic rings. The standard InChI is InChI=1S/C16H18F2N2O4/c1-10-5-3-6-11(24-14(17)18)13(10)20-15(21)19-9-16(2,22)12-7-4-8-23-12/h3-8,14,22H,9H2,1-2H3,(H2,19,20,21). The minimum atomic E-state index is -3.00. The normalized spacial score (nSPS) is 13.4. The van der Waals surface area contributed by atoms with Gasteiger partial charge in [-0.1, -0.05) is 12.1 Å². The summed E-state index contributed by atoms with van der Waals surface area (Å²) in [6, 6.07) is 7.04. The lowest BCUT2D eigenvalue weighted by atomic mass is 10.0.